The molecule has 1 aromatic heterocycles. The molecule has 1 amide bonds. The average molecular weight is 295 g/mol. The summed E-state index contributed by atoms with van der Waals surface area (Å²) in [6.45, 7) is 1.35. The van der Waals surface area contributed by atoms with Crippen molar-refractivity contribution >= 4 is 11.6 Å². The maximum atomic E-state index is 12.5. The fraction of sp³-hybridized carbons (Fsp3) is 0.312. The van der Waals surface area contributed by atoms with Crippen molar-refractivity contribution in [1.29, 1.82) is 5.26 Å². The Hall–Kier alpha value is -2.81. The summed E-state index contributed by atoms with van der Waals surface area (Å²) >= 11 is 0. The second-order valence-electron chi connectivity index (χ2n) is 5.51. The van der Waals surface area contributed by atoms with Gasteiger partial charge in [-0.25, -0.2) is 0 Å². The van der Waals surface area contributed by atoms with Gasteiger partial charge in [-0.2, -0.15) is 10.4 Å². The van der Waals surface area contributed by atoms with Gasteiger partial charge in [0.15, 0.2) is 0 Å². The van der Waals surface area contributed by atoms with E-state index in [0.717, 1.165) is 17.7 Å². The Labute approximate surface area is 128 Å². The first kappa shape index (κ1) is 14.1. The molecular formula is C16H17N5O. The molecule has 6 heteroatoms. The molecular weight excluding hydrogens is 278 g/mol. The maximum Gasteiger partial charge on any atom is 0.253 e. The SMILES string of the molecule is N#CCc1ccc(C(=O)N2CCC(c3[nH]ncc3N)C2)cc1. The molecule has 2 aromatic rings. The van der Waals surface area contributed by atoms with E-state index in [2.05, 4.69) is 16.3 Å². The zero-order valence-corrected chi connectivity index (χ0v) is 12.1. The maximum absolute atomic E-state index is 12.5. The third-order valence-electron chi connectivity index (χ3n) is 4.07. The van der Waals surface area contributed by atoms with Gasteiger partial charge in [-0.05, 0) is 24.1 Å². The minimum Gasteiger partial charge on any atom is -0.396 e. The Balaban J connectivity index is 1.69. The van der Waals surface area contributed by atoms with Crippen molar-refractivity contribution in [2.75, 3.05) is 18.8 Å². The van der Waals surface area contributed by atoms with E-state index < -0.39 is 0 Å². The van der Waals surface area contributed by atoms with Crippen molar-refractivity contribution in [3.05, 3.63) is 47.3 Å². The zero-order chi connectivity index (χ0) is 15.5. The van der Waals surface area contributed by atoms with Gasteiger partial charge in [-0.1, -0.05) is 12.1 Å². The molecule has 22 heavy (non-hydrogen) atoms. The predicted molar refractivity (Wildman–Crippen MR) is 82.0 cm³/mol. The van der Waals surface area contributed by atoms with Crippen LogP contribution in [-0.4, -0.2) is 34.1 Å². The van der Waals surface area contributed by atoms with Gasteiger partial charge in [0, 0.05) is 24.6 Å². The summed E-state index contributed by atoms with van der Waals surface area (Å²) in [5.74, 6) is 0.230. The summed E-state index contributed by atoms with van der Waals surface area (Å²) in [5.41, 5.74) is 9.02. The number of carbonyl (C=O) groups is 1. The van der Waals surface area contributed by atoms with Crippen LogP contribution in [-0.2, 0) is 6.42 Å². The second kappa shape index (κ2) is 5.90. The average Bonchev–Trinajstić information content (AvgIpc) is 3.16. The van der Waals surface area contributed by atoms with Crippen molar-refractivity contribution in [2.45, 2.75) is 18.8 Å². The molecule has 1 saturated heterocycles. The van der Waals surface area contributed by atoms with Crippen LogP contribution < -0.4 is 5.73 Å². The number of anilines is 1. The Bertz CT molecular complexity index is 713. The predicted octanol–water partition coefficient (Wildman–Crippen LogP) is 1.69. The van der Waals surface area contributed by atoms with Gasteiger partial charge < -0.3 is 10.6 Å². The lowest BCUT2D eigenvalue weighted by Crippen LogP contribution is -2.28. The monoisotopic (exact) mass is 295 g/mol. The highest BCUT2D eigenvalue weighted by Gasteiger charge is 2.29. The minimum atomic E-state index is 0.0177. The molecule has 0 bridgehead atoms. The van der Waals surface area contributed by atoms with E-state index in [0.29, 0.717) is 30.8 Å². The Morgan fingerprint density at radius 2 is 2.23 bits per heavy atom. The summed E-state index contributed by atoms with van der Waals surface area (Å²) in [5, 5.41) is 15.5. The third-order valence-corrected chi connectivity index (χ3v) is 4.07. The number of H-pyrrole nitrogens is 1. The van der Waals surface area contributed by atoms with E-state index in [1.807, 2.05) is 17.0 Å². The van der Waals surface area contributed by atoms with E-state index in [9.17, 15) is 4.79 Å². The first-order valence-corrected chi connectivity index (χ1v) is 7.23. The molecule has 3 rings (SSSR count). The Morgan fingerprint density at radius 1 is 1.45 bits per heavy atom. The molecule has 6 nitrogen and oxygen atoms in total. The van der Waals surface area contributed by atoms with Crippen molar-refractivity contribution < 1.29 is 4.79 Å². The van der Waals surface area contributed by atoms with Gasteiger partial charge >= 0.3 is 0 Å². The van der Waals surface area contributed by atoms with E-state index in [1.54, 1.807) is 18.3 Å². The third kappa shape index (κ3) is 2.66. The fourth-order valence-corrected chi connectivity index (χ4v) is 2.85. The van der Waals surface area contributed by atoms with E-state index in [1.165, 1.54) is 0 Å². The molecule has 1 aromatic carbocycles. The second-order valence-corrected chi connectivity index (χ2v) is 5.51. The normalized spacial score (nSPS) is 17.4. The van der Waals surface area contributed by atoms with Crippen LogP contribution in [0.5, 0.6) is 0 Å². The highest BCUT2D eigenvalue weighted by molar-refractivity contribution is 5.94. The molecule has 1 aliphatic rings. The largest absolute Gasteiger partial charge is 0.396 e. The van der Waals surface area contributed by atoms with Gasteiger partial charge in [0.05, 0.1) is 30.1 Å². The Kier molecular flexibility index (Phi) is 3.79. The molecule has 2 heterocycles. The fourth-order valence-electron chi connectivity index (χ4n) is 2.85. The standard InChI is InChI=1S/C16H17N5O/c17-7-5-11-1-3-12(4-2-11)16(22)21-8-6-13(10-21)15-14(18)9-19-20-15/h1-4,9,13H,5-6,8,10,18H2,(H,19,20). The van der Waals surface area contributed by atoms with Gasteiger partial charge in [0.1, 0.15) is 0 Å². The van der Waals surface area contributed by atoms with Crippen LogP contribution in [0.15, 0.2) is 30.5 Å². The quantitative estimate of drug-likeness (QED) is 0.900. The number of nitrogens with two attached hydrogens (primary N) is 1. The number of aromatic amines is 1. The van der Waals surface area contributed by atoms with Gasteiger partial charge in [0.25, 0.3) is 5.91 Å². The summed E-state index contributed by atoms with van der Waals surface area (Å²) in [7, 11) is 0. The van der Waals surface area contributed by atoms with E-state index >= 15 is 0 Å². The van der Waals surface area contributed by atoms with Gasteiger partial charge in [-0.15, -0.1) is 0 Å². The van der Waals surface area contributed by atoms with Gasteiger partial charge in [-0.3, -0.25) is 9.89 Å². The molecule has 0 aliphatic carbocycles. The molecule has 1 fully saturated rings. The number of nitrogen functional groups attached to an aromatic ring is 1. The summed E-state index contributed by atoms with van der Waals surface area (Å²) in [6.07, 6.45) is 2.84. The molecule has 0 radical (unpaired) electrons. The number of nitrogens with one attached hydrogen (secondary N) is 1. The number of hydrogen-bond donors (Lipinski definition) is 2. The number of amides is 1. The van der Waals surface area contributed by atoms with E-state index in [-0.39, 0.29) is 11.8 Å². The van der Waals surface area contributed by atoms with Crippen LogP contribution in [0.4, 0.5) is 5.69 Å². The van der Waals surface area contributed by atoms with Crippen LogP contribution in [0.3, 0.4) is 0 Å². The minimum absolute atomic E-state index is 0.0177. The molecule has 0 saturated carbocycles. The number of carbonyl (C=O) groups excluding carboxylic acids is 1. The number of likely N-dealkylation sites (tertiary alicyclic amines) is 1. The van der Waals surface area contributed by atoms with Crippen molar-refractivity contribution in [3.8, 4) is 6.07 Å². The van der Waals surface area contributed by atoms with Crippen molar-refractivity contribution in [2.24, 2.45) is 0 Å². The van der Waals surface area contributed by atoms with Crippen LogP contribution in [0.1, 0.15) is 34.0 Å². The summed E-state index contributed by atoms with van der Waals surface area (Å²) in [4.78, 5) is 14.4. The number of nitriles is 1. The van der Waals surface area contributed by atoms with Gasteiger partial charge in [0.2, 0.25) is 0 Å². The van der Waals surface area contributed by atoms with Crippen LogP contribution >= 0.6 is 0 Å². The van der Waals surface area contributed by atoms with Crippen LogP contribution in [0, 0.1) is 11.3 Å². The Morgan fingerprint density at radius 3 is 2.86 bits per heavy atom. The van der Waals surface area contributed by atoms with Crippen molar-refractivity contribution in [1.82, 2.24) is 15.1 Å². The summed E-state index contributed by atoms with van der Waals surface area (Å²) < 4.78 is 0. The number of aromatic nitrogens is 2. The number of rotatable bonds is 3. The first-order valence-electron chi connectivity index (χ1n) is 7.23. The summed E-state index contributed by atoms with van der Waals surface area (Å²) in [6, 6.07) is 9.33. The highest BCUT2D eigenvalue weighted by Crippen LogP contribution is 2.29. The molecule has 1 aliphatic heterocycles. The molecule has 0 spiro atoms. The van der Waals surface area contributed by atoms with Crippen LogP contribution in [0.2, 0.25) is 0 Å². The van der Waals surface area contributed by atoms with E-state index in [4.69, 9.17) is 11.0 Å². The zero-order valence-electron chi connectivity index (χ0n) is 12.1. The molecule has 1 unspecified atom stereocenters. The highest BCUT2D eigenvalue weighted by atomic mass is 16.2. The lowest BCUT2D eigenvalue weighted by Gasteiger charge is -2.16. The molecule has 112 valence electrons. The topological polar surface area (TPSA) is 98.8 Å². The first-order chi connectivity index (χ1) is 10.7. The van der Waals surface area contributed by atoms with Crippen molar-refractivity contribution in [3.63, 3.8) is 0 Å². The molecule has 1 atom stereocenters. The lowest BCUT2D eigenvalue weighted by atomic mass is 10.0. The number of hydrogen-bond acceptors (Lipinski definition) is 4. The van der Waals surface area contributed by atoms with Crippen LogP contribution in [0.25, 0.3) is 0 Å². The number of nitrogens with zero attached hydrogens (tertiary/aromatic N) is 3. The smallest absolute Gasteiger partial charge is 0.253 e. The lowest BCUT2D eigenvalue weighted by molar-refractivity contribution is 0.0790. The number of benzene rings is 1. The molecule has 3 N–H and O–H groups in total.